The molecule has 0 aromatic carbocycles. The van der Waals surface area contributed by atoms with Crippen molar-refractivity contribution in [2.24, 2.45) is 0 Å². The van der Waals surface area contributed by atoms with Gasteiger partial charge < -0.3 is 10.6 Å². The molecule has 0 saturated heterocycles. The summed E-state index contributed by atoms with van der Waals surface area (Å²) in [6.07, 6.45) is 0. The van der Waals surface area contributed by atoms with Gasteiger partial charge in [-0.15, -0.1) is 0 Å². The van der Waals surface area contributed by atoms with Crippen molar-refractivity contribution in [2.75, 3.05) is 11.9 Å². The van der Waals surface area contributed by atoms with Gasteiger partial charge in [-0.2, -0.15) is 5.10 Å². The minimum atomic E-state index is -0.399. The molecular weight excluding hydrogens is 280 g/mol. The summed E-state index contributed by atoms with van der Waals surface area (Å²) in [6, 6.07) is -0.398. The molecule has 20 heavy (non-hydrogen) atoms. The molecule has 9 heteroatoms. The molecule has 0 spiro atoms. The van der Waals surface area contributed by atoms with Crippen molar-refractivity contribution in [3.63, 3.8) is 0 Å². The molecular formula is C11H16N6O2S. The summed E-state index contributed by atoms with van der Waals surface area (Å²) in [4.78, 5) is 30.5. The Balaban J connectivity index is 2.09. The molecule has 108 valence electrons. The molecule has 2 aromatic heterocycles. The van der Waals surface area contributed by atoms with Crippen LogP contribution in [0.5, 0.6) is 0 Å². The van der Waals surface area contributed by atoms with Crippen LogP contribution in [0.3, 0.4) is 0 Å². The first-order valence-electron chi connectivity index (χ1n) is 6.18. The fourth-order valence-corrected chi connectivity index (χ4v) is 2.59. The number of aromatic nitrogens is 4. The third kappa shape index (κ3) is 3.05. The van der Waals surface area contributed by atoms with Gasteiger partial charge in [0.05, 0.1) is 11.7 Å². The van der Waals surface area contributed by atoms with Crippen molar-refractivity contribution >= 4 is 22.4 Å². The highest BCUT2D eigenvalue weighted by molar-refractivity contribution is 7.17. The van der Waals surface area contributed by atoms with Gasteiger partial charge in [-0.25, -0.2) is 14.9 Å². The number of thiazole rings is 1. The molecule has 2 aromatic rings. The van der Waals surface area contributed by atoms with Crippen LogP contribution in [0.25, 0.3) is 0 Å². The Morgan fingerprint density at radius 2 is 2.25 bits per heavy atom. The molecule has 2 rings (SSSR count). The second-order valence-electron chi connectivity index (χ2n) is 4.22. The van der Waals surface area contributed by atoms with Crippen molar-refractivity contribution < 1.29 is 4.79 Å². The molecule has 0 saturated carbocycles. The van der Waals surface area contributed by atoms with Crippen molar-refractivity contribution in [3.8, 4) is 0 Å². The van der Waals surface area contributed by atoms with E-state index in [-0.39, 0.29) is 5.91 Å². The predicted octanol–water partition coefficient (Wildman–Crippen LogP) is 0.786. The van der Waals surface area contributed by atoms with Crippen LogP contribution in [0.2, 0.25) is 0 Å². The van der Waals surface area contributed by atoms with Gasteiger partial charge in [-0.3, -0.25) is 9.78 Å². The van der Waals surface area contributed by atoms with Gasteiger partial charge in [0, 0.05) is 6.54 Å². The highest BCUT2D eigenvalue weighted by Crippen LogP contribution is 2.22. The summed E-state index contributed by atoms with van der Waals surface area (Å²) in [5.74, 6) is 0.151. The first-order chi connectivity index (χ1) is 9.51. The number of rotatable bonds is 5. The summed E-state index contributed by atoms with van der Waals surface area (Å²) in [5.41, 5.74) is 0.274. The maximum absolute atomic E-state index is 12.2. The first-order valence-corrected chi connectivity index (χ1v) is 6.99. The SMILES string of the molecule is CCNc1nc(C)c(C(=O)N[C@H](C)c2n[nH]c(=O)[nH]2)s1. The fraction of sp³-hybridized carbons (Fsp3) is 0.455. The number of carbonyl (C=O) groups excluding carboxylic acids is 1. The number of H-pyrrole nitrogens is 2. The molecule has 1 amide bonds. The van der Waals surface area contributed by atoms with Gasteiger partial charge in [-0.05, 0) is 20.8 Å². The Bertz CT molecular complexity index is 658. The van der Waals surface area contributed by atoms with Gasteiger partial charge in [0.25, 0.3) is 5.91 Å². The van der Waals surface area contributed by atoms with Gasteiger partial charge in [0.1, 0.15) is 4.88 Å². The molecule has 4 N–H and O–H groups in total. The predicted molar refractivity (Wildman–Crippen MR) is 76.1 cm³/mol. The minimum absolute atomic E-state index is 0.236. The van der Waals surface area contributed by atoms with Gasteiger partial charge in [0.15, 0.2) is 11.0 Å². The number of carbonyl (C=O) groups is 1. The number of hydrogen-bond donors (Lipinski definition) is 4. The van der Waals surface area contributed by atoms with Crippen molar-refractivity contribution in [1.29, 1.82) is 0 Å². The third-order valence-electron chi connectivity index (χ3n) is 2.61. The first kappa shape index (κ1) is 14.3. The number of nitrogens with zero attached hydrogens (tertiary/aromatic N) is 2. The number of hydrogen-bond acceptors (Lipinski definition) is 6. The zero-order chi connectivity index (χ0) is 14.7. The van der Waals surface area contributed by atoms with E-state index in [0.29, 0.717) is 16.4 Å². The van der Waals surface area contributed by atoms with Crippen LogP contribution in [-0.2, 0) is 0 Å². The lowest BCUT2D eigenvalue weighted by Gasteiger charge is -2.09. The van der Waals surface area contributed by atoms with Crippen molar-refractivity contribution in [3.05, 3.63) is 26.9 Å². The second kappa shape index (κ2) is 5.87. The van der Waals surface area contributed by atoms with E-state index >= 15 is 0 Å². The van der Waals surface area contributed by atoms with Crippen LogP contribution in [0.1, 0.15) is 41.1 Å². The maximum atomic E-state index is 12.2. The summed E-state index contributed by atoms with van der Waals surface area (Å²) < 4.78 is 0. The van der Waals surface area contributed by atoms with E-state index in [2.05, 4.69) is 30.8 Å². The van der Waals surface area contributed by atoms with E-state index in [9.17, 15) is 9.59 Å². The molecule has 0 unspecified atom stereocenters. The minimum Gasteiger partial charge on any atom is -0.362 e. The van der Waals surface area contributed by atoms with E-state index in [4.69, 9.17) is 0 Å². The number of anilines is 1. The van der Waals surface area contributed by atoms with E-state index in [1.807, 2.05) is 6.92 Å². The van der Waals surface area contributed by atoms with Crippen LogP contribution >= 0.6 is 11.3 Å². The molecule has 2 heterocycles. The Hall–Kier alpha value is -2.16. The molecule has 0 radical (unpaired) electrons. The number of aryl methyl sites for hydroxylation is 1. The lowest BCUT2D eigenvalue weighted by Crippen LogP contribution is -2.27. The molecule has 1 atom stereocenters. The Labute approximate surface area is 119 Å². The fourth-order valence-electron chi connectivity index (χ4n) is 1.65. The van der Waals surface area contributed by atoms with E-state index in [1.54, 1.807) is 13.8 Å². The average molecular weight is 296 g/mol. The van der Waals surface area contributed by atoms with Crippen LogP contribution in [0.15, 0.2) is 4.79 Å². The van der Waals surface area contributed by atoms with Crippen molar-refractivity contribution in [2.45, 2.75) is 26.8 Å². The lowest BCUT2D eigenvalue weighted by atomic mass is 10.3. The standard InChI is InChI=1S/C11H16N6O2S/c1-4-12-11-14-5(2)7(20-11)9(18)13-6(3)8-15-10(19)17-16-8/h6H,4H2,1-3H3,(H,12,14)(H,13,18)(H2,15,16,17,19)/t6-/m1/s1. The average Bonchev–Trinajstić information content (AvgIpc) is 2.96. The van der Waals surface area contributed by atoms with Crippen LogP contribution in [-0.4, -0.2) is 32.6 Å². The monoisotopic (exact) mass is 296 g/mol. The van der Waals surface area contributed by atoms with E-state index < -0.39 is 11.7 Å². The van der Waals surface area contributed by atoms with E-state index in [1.165, 1.54) is 11.3 Å². The van der Waals surface area contributed by atoms with Crippen LogP contribution in [0.4, 0.5) is 5.13 Å². The summed E-state index contributed by atoms with van der Waals surface area (Å²) in [7, 11) is 0. The zero-order valence-corrected chi connectivity index (χ0v) is 12.2. The zero-order valence-electron chi connectivity index (χ0n) is 11.4. The van der Waals surface area contributed by atoms with Crippen LogP contribution in [0, 0.1) is 6.92 Å². The summed E-state index contributed by atoms with van der Waals surface area (Å²) >= 11 is 1.30. The normalized spacial score (nSPS) is 12.2. The molecule has 0 aliphatic heterocycles. The Morgan fingerprint density at radius 3 is 2.85 bits per heavy atom. The molecule has 8 nitrogen and oxygen atoms in total. The summed E-state index contributed by atoms with van der Waals surface area (Å²) in [5, 5.41) is 12.6. The number of aromatic amines is 2. The van der Waals surface area contributed by atoms with Gasteiger partial charge in [-0.1, -0.05) is 11.3 Å². The lowest BCUT2D eigenvalue weighted by molar-refractivity contribution is 0.0941. The van der Waals surface area contributed by atoms with Gasteiger partial charge >= 0.3 is 5.69 Å². The molecule has 0 fully saturated rings. The Kier molecular flexibility index (Phi) is 4.18. The Morgan fingerprint density at radius 1 is 1.50 bits per heavy atom. The van der Waals surface area contributed by atoms with Crippen molar-refractivity contribution in [1.82, 2.24) is 25.5 Å². The largest absolute Gasteiger partial charge is 0.362 e. The smallest absolute Gasteiger partial charge is 0.340 e. The number of nitrogens with one attached hydrogen (secondary N) is 4. The highest BCUT2D eigenvalue weighted by atomic mass is 32.1. The maximum Gasteiger partial charge on any atom is 0.340 e. The molecule has 0 aliphatic rings. The van der Waals surface area contributed by atoms with E-state index in [0.717, 1.165) is 11.7 Å². The van der Waals surface area contributed by atoms with Gasteiger partial charge in [0.2, 0.25) is 0 Å². The quantitative estimate of drug-likeness (QED) is 0.651. The molecule has 0 aliphatic carbocycles. The number of amides is 1. The summed E-state index contributed by atoms with van der Waals surface area (Å²) in [6.45, 7) is 6.24. The molecule has 0 bridgehead atoms. The topological polar surface area (TPSA) is 116 Å². The highest BCUT2D eigenvalue weighted by Gasteiger charge is 2.19. The second-order valence-corrected chi connectivity index (χ2v) is 5.22. The van der Waals surface area contributed by atoms with Crippen LogP contribution < -0.4 is 16.3 Å². The third-order valence-corrected chi connectivity index (χ3v) is 3.72.